The van der Waals surface area contributed by atoms with Crippen LogP contribution in [0.1, 0.15) is 129 Å². The topological polar surface area (TPSA) is 462 Å². The fourth-order valence-corrected chi connectivity index (χ4v) is 12.9. The van der Waals surface area contributed by atoms with Crippen LogP contribution < -0.4 is 65.1 Å². The van der Waals surface area contributed by atoms with Crippen LogP contribution in [0.25, 0.3) is 10.8 Å². The van der Waals surface area contributed by atoms with Crippen molar-refractivity contribution in [2.75, 3.05) is 52.4 Å². The molecule has 0 saturated carbocycles. The summed E-state index contributed by atoms with van der Waals surface area (Å²) in [6.07, 6.45) is 3.83. The zero-order valence-electron chi connectivity index (χ0n) is 64.6. The van der Waals surface area contributed by atoms with Gasteiger partial charge in [0.1, 0.15) is 66.2 Å². The highest BCUT2D eigenvalue weighted by atomic mass is 35.5. The highest BCUT2D eigenvalue weighted by Crippen LogP contribution is 2.23. The Bertz CT molecular complexity index is 3990. The minimum absolute atomic E-state index is 0.0210. The van der Waals surface area contributed by atoms with E-state index in [1.807, 2.05) is 93.8 Å². The van der Waals surface area contributed by atoms with Gasteiger partial charge in [-0.1, -0.05) is 98.2 Å². The molecule has 1 aliphatic heterocycles. The van der Waals surface area contributed by atoms with Gasteiger partial charge in [0.25, 0.3) is 0 Å². The fourth-order valence-electron chi connectivity index (χ4n) is 12.8. The summed E-state index contributed by atoms with van der Waals surface area (Å²) in [5, 5.41) is 48.1. The lowest BCUT2D eigenvalue weighted by Crippen LogP contribution is -2.61. The van der Waals surface area contributed by atoms with E-state index in [-0.39, 0.29) is 101 Å². The van der Waals surface area contributed by atoms with Crippen molar-refractivity contribution >= 4 is 99.3 Å². The van der Waals surface area contributed by atoms with Crippen molar-refractivity contribution in [3.63, 3.8) is 0 Å². The number of fused-ring (bicyclic) bond motifs is 1. The number of nitrogens with one attached hydrogen (secondary N) is 9. The normalized spacial score (nSPS) is 15.4. The predicted molar refractivity (Wildman–Crippen MR) is 424 cm³/mol. The average Bonchev–Trinajstić information content (AvgIpc) is 1.73. The van der Waals surface area contributed by atoms with E-state index in [2.05, 4.69) is 62.8 Å². The number of rotatable bonds is 43. The van der Waals surface area contributed by atoms with E-state index >= 15 is 9.59 Å². The number of amides is 11. The molecule has 0 bridgehead atoms. The van der Waals surface area contributed by atoms with E-state index in [0.717, 1.165) is 10.8 Å². The number of carbonyl (C=O) groups excluding carboxylic acids is 11. The summed E-state index contributed by atoms with van der Waals surface area (Å²) in [6.45, 7) is 15.9. The first-order valence-corrected chi connectivity index (χ1v) is 38.3. The Morgan fingerprint density at radius 1 is 0.532 bits per heavy atom. The Morgan fingerprint density at radius 2 is 0.991 bits per heavy atom. The number of hydrogen-bond acceptors (Lipinski definition) is 16. The summed E-state index contributed by atoms with van der Waals surface area (Å²) in [7, 11) is 0. The van der Waals surface area contributed by atoms with Gasteiger partial charge in [-0.2, -0.15) is 0 Å². The monoisotopic (exact) mass is 1550 g/mol. The Labute approximate surface area is 653 Å². The van der Waals surface area contributed by atoms with Crippen LogP contribution in [-0.4, -0.2) is 220 Å². The van der Waals surface area contributed by atoms with Crippen LogP contribution in [-0.2, 0) is 78.4 Å². The molecule has 17 N–H and O–H groups in total. The lowest BCUT2D eigenvalue weighted by molar-refractivity contribution is -0.142. The number of halogens is 1. The van der Waals surface area contributed by atoms with Gasteiger partial charge in [-0.25, -0.2) is 0 Å². The minimum Gasteiger partial charge on any atom is -0.508 e. The smallest absolute Gasteiger partial charge is 0.245 e. The predicted octanol–water partition coefficient (Wildman–Crippen LogP) is 2.05. The number of nitrogens with two attached hydrogens (primary N) is 3. The number of unbranched alkanes of at least 4 members (excludes halogenated alkanes) is 1. The first-order chi connectivity index (χ1) is 53.0. The van der Waals surface area contributed by atoms with Crippen molar-refractivity contribution in [2.45, 2.75) is 193 Å². The van der Waals surface area contributed by atoms with Gasteiger partial charge in [0.15, 0.2) is 11.9 Å². The third-order valence-corrected chi connectivity index (χ3v) is 19.3. The molecule has 0 aliphatic carbocycles. The molecular formula is C79H111ClN18O13. The first kappa shape index (κ1) is 88.9. The number of pyridine rings is 1. The Kier molecular flexibility index (Phi) is 36.3. The molecular weight excluding hydrogens is 1440 g/mol. The third kappa shape index (κ3) is 28.8. The Hall–Kier alpha value is -10.9. The van der Waals surface area contributed by atoms with E-state index in [9.17, 15) is 53.4 Å². The van der Waals surface area contributed by atoms with Crippen LogP contribution >= 0.6 is 11.6 Å². The van der Waals surface area contributed by atoms with Gasteiger partial charge in [-0.15, -0.1) is 0 Å². The molecule has 31 nitrogen and oxygen atoms in total. The molecule has 0 radical (unpaired) electrons. The van der Waals surface area contributed by atoms with Crippen molar-refractivity contribution in [3.8, 4) is 5.75 Å². The average molecular weight is 1560 g/mol. The largest absolute Gasteiger partial charge is 0.508 e. The number of phenols is 1. The van der Waals surface area contributed by atoms with Crippen molar-refractivity contribution in [3.05, 3.63) is 143 Å². The summed E-state index contributed by atoms with van der Waals surface area (Å²) < 4.78 is 0. The van der Waals surface area contributed by atoms with Crippen LogP contribution in [0.4, 0.5) is 0 Å². The van der Waals surface area contributed by atoms with Crippen LogP contribution in [0.2, 0.25) is 5.02 Å². The maximum atomic E-state index is 15.2. The minimum atomic E-state index is -1.83. The van der Waals surface area contributed by atoms with Gasteiger partial charge < -0.3 is 90.0 Å². The number of likely N-dealkylation sites (tertiary alicyclic amines) is 1. The second-order valence-corrected chi connectivity index (χ2v) is 28.4. The second-order valence-electron chi connectivity index (χ2n) is 27.9. The molecule has 1 aromatic heterocycles. The molecule has 2 heterocycles. The van der Waals surface area contributed by atoms with Crippen molar-refractivity contribution in [2.24, 2.45) is 33.1 Å². The number of guanidine groups is 2. The molecule has 1 fully saturated rings. The van der Waals surface area contributed by atoms with Gasteiger partial charge in [0.05, 0.1) is 6.61 Å². The summed E-state index contributed by atoms with van der Waals surface area (Å²) in [4.78, 5) is 176. The number of aromatic nitrogens is 1. The number of nitrogens with zero attached hydrogens (tertiary/aromatic N) is 6. The summed E-state index contributed by atoms with van der Waals surface area (Å²) >= 11 is 6.26. The highest BCUT2D eigenvalue weighted by molar-refractivity contribution is 6.30. The number of aliphatic hydroxyl groups excluding tert-OH is 1. The van der Waals surface area contributed by atoms with Gasteiger partial charge in [0, 0.05) is 95.8 Å². The molecule has 1 aliphatic rings. The number of aromatic hydroxyl groups is 1. The summed E-state index contributed by atoms with van der Waals surface area (Å²) in [5.74, 6) is -8.50. The van der Waals surface area contributed by atoms with Crippen LogP contribution in [0.5, 0.6) is 5.75 Å². The molecule has 1 saturated heterocycles. The maximum absolute atomic E-state index is 15.2. The number of aliphatic imine (C=N–C) groups is 2. The van der Waals surface area contributed by atoms with E-state index in [1.54, 1.807) is 36.4 Å². The highest BCUT2D eigenvalue weighted by Gasteiger charge is 2.40. The van der Waals surface area contributed by atoms with E-state index in [1.165, 1.54) is 55.4 Å². The number of phenolic OH excluding ortho intramolecular Hbond substituents is 1. The van der Waals surface area contributed by atoms with Gasteiger partial charge >= 0.3 is 0 Å². The molecule has 4 aromatic carbocycles. The van der Waals surface area contributed by atoms with E-state index in [4.69, 9.17) is 28.8 Å². The Balaban J connectivity index is 1.29. The molecule has 10 atom stereocenters. The molecule has 5 aromatic rings. The molecule has 0 spiro atoms. The number of hydrogen-bond donors (Lipinski definition) is 14. The van der Waals surface area contributed by atoms with Crippen molar-refractivity contribution < 1.29 is 63.0 Å². The van der Waals surface area contributed by atoms with E-state index in [0.29, 0.717) is 72.3 Å². The van der Waals surface area contributed by atoms with Gasteiger partial charge in [-0.3, -0.25) is 67.7 Å². The molecule has 0 unspecified atom stereocenters. The fraction of sp³-hybridized carbons (Fsp3) is 0.494. The van der Waals surface area contributed by atoms with Crippen molar-refractivity contribution in [1.29, 1.82) is 0 Å². The van der Waals surface area contributed by atoms with Gasteiger partial charge in [0.2, 0.25) is 65.0 Å². The zero-order valence-corrected chi connectivity index (χ0v) is 65.4. The van der Waals surface area contributed by atoms with Gasteiger partial charge in [-0.05, 0) is 155 Å². The molecule has 6 rings (SSSR count). The van der Waals surface area contributed by atoms with E-state index < -0.39 is 132 Å². The molecule has 11 amide bonds. The number of aliphatic hydroxyl groups is 1. The number of primary amides is 1. The second kappa shape index (κ2) is 45.3. The zero-order chi connectivity index (χ0) is 81.3. The Morgan fingerprint density at radius 3 is 1.52 bits per heavy atom. The van der Waals surface area contributed by atoms with Crippen LogP contribution in [0, 0.1) is 5.92 Å². The molecule has 32 heteroatoms. The number of carbonyl (C=O) groups is 11. The first-order valence-electron chi connectivity index (χ1n) is 37.9. The van der Waals surface area contributed by atoms with Crippen LogP contribution in [0.15, 0.2) is 126 Å². The van der Waals surface area contributed by atoms with Crippen LogP contribution in [0.3, 0.4) is 0 Å². The summed E-state index contributed by atoms with van der Waals surface area (Å²) in [6, 6.07) is 15.0. The SMILES string of the molecule is CCN(CC)C(N)=NCCCC[C@@H](NC(=O)[C@H](Cc1ccc(O)cc1)NC(=O)[C@H](CO)NC(=O)[C@@H](Cc1cccnc1)NC(=O)[C@@H](Cc1ccc(Cl)cc1)NC(=O)[C@@H](Cc1ccc2ccccc2c1)NC(C)=O)C(=O)N[C@@H](CC(C)C)C(=O)N[C@@H](CCCN=C(N)N(CC)CC)C(=O)N1CCC[C@H]1C(=O)N[C@H](C)C(N)=O. The standard InChI is InChI=1S/C79H111ClN18O13/c1-9-96(10-2)78(82)85-37-16-15-23-59(69(103)91-61(40-48(5)6)70(104)90-60(24-18-38-86-79(83)97(11-3)12-4)77(111)98-39-19-25-67(98)76(110)87-49(7)68(81)102)89-72(106)63(43-52-29-34-58(101)35-30-52)94-75(109)66(47-99)95-74(108)65(45-54-20-17-36-84-46-54)93-73(107)64(42-51-27-32-57(80)33-28-51)92-71(105)62(88-50(8)100)44-53-26-31-55-21-13-14-22-56(55)41-53/h13-14,17,20-22,26-36,41,46,48-49,59-67,99,101H,9-12,15-16,18-19,23-25,37-40,42-45,47H2,1-8H3,(H2,81,102)(H2,82,85)(H2,83,86)(H,87,110)(H,88,100)(H,89,106)(H,90,104)(H,91,103)(H,92,105)(H,93,107)(H,94,109)(H,95,108)/t49-,59-,60+,61+,62-,63+,64-,65-,66+,67+/m1/s1. The molecule has 602 valence electrons. The molecule has 111 heavy (non-hydrogen) atoms. The lowest BCUT2D eigenvalue weighted by atomic mass is 9.99. The number of benzene rings is 4. The van der Waals surface area contributed by atoms with Crippen molar-refractivity contribution in [1.82, 2.24) is 67.5 Å². The summed E-state index contributed by atoms with van der Waals surface area (Å²) in [5.41, 5.74) is 20.2. The quantitative estimate of drug-likeness (QED) is 0.0151. The third-order valence-electron chi connectivity index (χ3n) is 19.0. The lowest BCUT2D eigenvalue weighted by Gasteiger charge is -2.31. The maximum Gasteiger partial charge on any atom is 0.245 e.